The van der Waals surface area contributed by atoms with Crippen LogP contribution in [0.1, 0.15) is 5.56 Å². The molecule has 5 nitrogen and oxygen atoms in total. The van der Waals surface area contributed by atoms with Crippen molar-refractivity contribution in [3.05, 3.63) is 54.4 Å². The summed E-state index contributed by atoms with van der Waals surface area (Å²) in [5.41, 5.74) is 1.64. The Morgan fingerprint density at radius 2 is 1.94 bits per heavy atom. The smallest absolute Gasteiger partial charge is 0.376 e. The molecule has 2 rings (SSSR count). The summed E-state index contributed by atoms with van der Waals surface area (Å²) in [4.78, 5) is 21.2. The molecular weight excluding hydrogens is 232 g/mol. The molecule has 1 heterocycles. The molecule has 0 radical (unpaired) electrons. The van der Waals surface area contributed by atoms with Gasteiger partial charge in [-0.1, -0.05) is 18.2 Å². The van der Waals surface area contributed by atoms with Crippen molar-refractivity contribution in [2.45, 2.75) is 0 Å². The van der Waals surface area contributed by atoms with Crippen LogP contribution in [0.2, 0.25) is 0 Å². The molecule has 1 aromatic heterocycles. The predicted molar refractivity (Wildman–Crippen MR) is 65.2 cm³/mol. The van der Waals surface area contributed by atoms with Crippen LogP contribution in [0.4, 0.5) is 0 Å². The summed E-state index contributed by atoms with van der Waals surface area (Å²) in [6.07, 6.45) is 5.99. The average Bonchev–Trinajstić information content (AvgIpc) is 2.90. The first kappa shape index (κ1) is 11.8. The zero-order chi connectivity index (χ0) is 13.0. The normalized spacial score (nSPS) is 10.7. The second-order valence-electron chi connectivity index (χ2n) is 3.54. The van der Waals surface area contributed by atoms with E-state index in [1.807, 2.05) is 24.4 Å². The Hall–Kier alpha value is -2.69. The molecule has 5 heteroatoms. The lowest BCUT2D eigenvalue weighted by molar-refractivity contribution is -0.146. The predicted octanol–water partition coefficient (Wildman–Crippen LogP) is 1.54. The second kappa shape index (κ2) is 5.09. The Morgan fingerprint density at radius 3 is 2.50 bits per heavy atom. The number of ketones is 1. The molecule has 0 aliphatic carbocycles. The van der Waals surface area contributed by atoms with Crippen molar-refractivity contribution >= 4 is 17.8 Å². The third kappa shape index (κ3) is 2.70. The molecule has 0 unspecified atom stereocenters. The van der Waals surface area contributed by atoms with E-state index in [0.29, 0.717) is 0 Å². The first-order valence-electron chi connectivity index (χ1n) is 5.22. The van der Waals surface area contributed by atoms with Crippen molar-refractivity contribution in [3.8, 4) is 5.69 Å². The van der Waals surface area contributed by atoms with E-state index in [4.69, 9.17) is 5.11 Å². The number of rotatable bonds is 4. The van der Waals surface area contributed by atoms with Gasteiger partial charge in [-0.2, -0.15) is 5.10 Å². The quantitative estimate of drug-likeness (QED) is 0.652. The van der Waals surface area contributed by atoms with Crippen molar-refractivity contribution in [1.82, 2.24) is 9.78 Å². The van der Waals surface area contributed by atoms with Crippen LogP contribution in [-0.2, 0) is 9.59 Å². The molecule has 1 N–H and O–H groups in total. The molecule has 0 saturated carbocycles. The molecule has 2 aromatic rings. The van der Waals surface area contributed by atoms with E-state index >= 15 is 0 Å². The van der Waals surface area contributed by atoms with Crippen molar-refractivity contribution < 1.29 is 14.7 Å². The molecule has 0 amide bonds. The number of nitrogens with zero attached hydrogens (tertiary/aromatic N) is 2. The average molecular weight is 242 g/mol. The van der Waals surface area contributed by atoms with Crippen LogP contribution in [0.15, 0.2) is 48.8 Å². The molecule has 0 aliphatic heterocycles. The fourth-order valence-corrected chi connectivity index (χ4v) is 1.40. The van der Waals surface area contributed by atoms with Gasteiger partial charge in [0.25, 0.3) is 5.78 Å². The number of aromatic nitrogens is 2. The molecule has 0 bridgehead atoms. The number of benzene rings is 1. The summed E-state index contributed by atoms with van der Waals surface area (Å²) in [6, 6.07) is 9.04. The van der Waals surface area contributed by atoms with Crippen LogP contribution in [0.3, 0.4) is 0 Å². The maximum atomic E-state index is 10.9. The highest BCUT2D eigenvalue weighted by molar-refractivity contribution is 6.38. The largest absolute Gasteiger partial charge is 0.475 e. The summed E-state index contributed by atoms with van der Waals surface area (Å²) in [5, 5.41) is 12.5. The Balaban J connectivity index is 2.13. The first-order valence-corrected chi connectivity index (χ1v) is 5.22. The van der Waals surface area contributed by atoms with Crippen LogP contribution in [0, 0.1) is 0 Å². The van der Waals surface area contributed by atoms with Gasteiger partial charge in [0, 0.05) is 12.4 Å². The first-order chi connectivity index (χ1) is 8.66. The number of carbonyl (C=O) groups is 2. The van der Waals surface area contributed by atoms with E-state index in [2.05, 4.69) is 5.10 Å². The van der Waals surface area contributed by atoms with Crippen molar-refractivity contribution in [1.29, 1.82) is 0 Å². The van der Waals surface area contributed by atoms with Gasteiger partial charge >= 0.3 is 5.97 Å². The van der Waals surface area contributed by atoms with Crippen molar-refractivity contribution in [2.75, 3.05) is 0 Å². The van der Waals surface area contributed by atoms with Crippen LogP contribution in [0.25, 0.3) is 11.8 Å². The zero-order valence-electron chi connectivity index (χ0n) is 9.35. The highest BCUT2D eigenvalue weighted by atomic mass is 16.4. The van der Waals surface area contributed by atoms with Gasteiger partial charge in [0.1, 0.15) is 0 Å². The minimum absolute atomic E-state index is 0.750. The molecule has 0 spiro atoms. The monoisotopic (exact) mass is 242 g/mol. The maximum Gasteiger partial charge on any atom is 0.376 e. The number of carboxylic acid groups (broad SMARTS) is 1. The fourth-order valence-electron chi connectivity index (χ4n) is 1.40. The minimum atomic E-state index is -1.46. The Bertz CT molecular complexity index is 583. The van der Waals surface area contributed by atoms with E-state index in [1.165, 1.54) is 6.08 Å². The van der Waals surface area contributed by atoms with E-state index in [0.717, 1.165) is 17.3 Å². The fraction of sp³-hybridized carbons (Fsp3) is 0. The number of hydrogen-bond acceptors (Lipinski definition) is 3. The number of aliphatic carboxylic acids is 1. The van der Waals surface area contributed by atoms with Gasteiger partial charge in [0.15, 0.2) is 0 Å². The molecule has 90 valence electrons. The summed E-state index contributed by atoms with van der Waals surface area (Å²) < 4.78 is 1.70. The van der Waals surface area contributed by atoms with Crippen molar-refractivity contribution in [3.63, 3.8) is 0 Å². The molecule has 0 aliphatic rings. The van der Waals surface area contributed by atoms with Crippen molar-refractivity contribution in [2.24, 2.45) is 0 Å². The minimum Gasteiger partial charge on any atom is -0.475 e. The van der Waals surface area contributed by atoms with E-state index < -0.39 is 11.8 Å². The molecule has 0 saturated heterocycles. The Kier molecular flexibility index (Phi) is 3.33. The lowest BCUT2D eigenvalue weighted by atomic mass is 10.2. The molecule has 18 heavy (non-hydrogen) atoms. The van der Waals surface area contributed by atoms with Crippen LogP contribution < -0.4 is 0 Å². The SMILES string of the molecule is O=C(O)C(=O)/C=C/c1ccc(-n2cccn2)cc1. The third-order valence-corrected chi connectivity index (χ3v) is 2.30. The summed E-state index contributed by atoms with van der Waals surface area (Å²) in [6.45, 7) is 0. The van der Waals surface area contributed by atoms with Gasteiger partial charge in [-0.05, 0) is 29.8 Å². The van der Waals surface area contributed by atoms with Gasteiger partial charge in [0.05, 0.1) is 5.69 Å². The van der Waals surface area contributed by atoms with E-state index in [1.54, 1.807) is 23.0 Å². The summed E-state index contributed by atoms with van der Waals surface area (Å²) >= 11 is 0. The zero-order valence-corrected chi connectivity index (χ0v) is 9.35. The van der Waals surface area contributed by atoms with Crippen LogP contribution in [0.5, 0.6) is 0 Å². The van der Waals surface area contributed by atoms with E-state index in [-0.39, 0.29) is 0 Å². The highest BCUT2D eigenvalue weighted by Crippen LogP contribution is 2.09. The lowest BCUT2D eigenvalue weighted by Gasteiger charge is -2.01. The standard InChI is InChI=1S/C13H10N2O3/c16-12(13(17)18)7-4-10-2-5-11(6-3-10)15-9-1-8-14-15/h1-9H,(H,17,18)/b7-4+. The molecule has 0 atom stereocenters. The summed E-state index contributed by atoms with van der Waals surface area (Å²) in [5.74, 6) is -2.40. The van der Waals surface area contributed by atoms with Gasteiger partial charge in [-0.25, -0.2) is 9.48 Å². The number of hydrogen-bond donors (Lipinski definition) is 1. The topological polar surface area (TPSA) is 72.2 Å². The van der Waals surface area contributed by atoms with Gasteiger partial charge in [-0.3, -0.25) is 4.79 Å². The number of carboxylic acids is 1. The van der Waals surface area contributed by atoms with E-state index in [9.17, 15) is 9.59 Å². The Labute approximate surface area is 103 Å². The van der Waals surface area contributed by atoms with Gasteiger partial charge in [-0.15, -0.1) is 0 Å². The second-order valence-corrected chi connectivity index (χ2v) is 3.54. The molecular formula is C13H10N2O3. The van der Waals surface area contributed by atoms with Gasteiger partial charge < -0.3 is 5.11 Å². The van der Waals surface area contributed by atoms with Crippen LogP contribution in [-0.4, -0.2) is 26.6 Å². The lowest BCUT2D eigenvalue weighted by Crippen LogP contribution is -2.08. The summed E-state index contributed by atoms with van der Waals surface area (Å²) in [7, 11) is 0. The molecule has 0 fully saturated rings. The Morgan fingerprint density at radius 1 is 1.22 bits per heavy atom. The highest BCUT2D eigenvalue weighted by Gasteiger charge is 2.05. The number of carbonyl (C=O) groups excluding carboxylic acids is 1. The van der Waals surface area contributed by atoms with Crippen LogP contribution >= 0.6 is 0 Å². The molecule has 1 aromatic carbocycles. The third-order valence-electron chi connectivity index (χ3n) is 2.30. The maximum absolute atomic E-state index is 10.9. The van der Waals surface area contributed by atoms with Gasteiger partial charge in [0.2, 0.25) is 0 Å².